The summed E-state index contributed by atoms with van der Waals surface area (Å²) in [5, 5.41) is 6.89. The van der Waals surface area contributed by atoms with Gasteiger partial charge in [0.2, 0.25) is 0 Å². The van der Waals surface area contributed by atoms with Gasteiger partial charge in [0.25, 0.3) is 5.89 Å². The number of piperidine rings is 1. The van der Waals surface area contributed by atoms with E-state index in [1.165, 1.54) is 0 Å². The number of urea groups is 1. The van der Waals surface area contributed by atoms with Crippen molar-refractivity contribution in [3.63, 3.8) is 0 Å². The standard InChI is InChI=1S/C19H24N4O5/c1-12-13(18-21-17(11-25-2)22-28-18)4-3-5-14(12)20-19(24)23-7-6-15-16(10-23)27-9-8-26-15/h3-5,15-16H,6-11H2,1-2H3,(H,20,24)/t15-,16-/m0/s1. The zero-order chi connectivity index (χ0) is 19.5. The zero-order valence-corrected chi connectivity index (χ0v) is 16.0. The van der Waals surface area contributed by atoms with E-state index in [0.29, 0.717) is 43.7 Å². The molecule has 2 saturated heterocycles. The Kier molecular flexibility index (Phi) is 5.56. The Morgan fingerprint density at radius 2 is 2.14 bits per heavy atom. The van der Waals surface area contributed by atoms with Crippen LogP contribution >= 0.6 is 0 Å². The van der Waals surface area contributed by atoms with Gasteiger partial charge < -0.3 is 29.0 Å². The molecule has 4 rings (SSSR count). The lowest BCUT2D eigenvalue weighted by Gasteiger charge is -2.40. The monoisotopic (exact) mass is 388 g/mol. The third-order valence-corrected chi connectivity index (χ3v) is 5.08. The second-order valence-electron chi connectivity index (χ2n) is 6.91. The highest BCUT2D eigenvalue weighted by Gasteiger charge is 2.35. The van der Waals surface area contributed by atoms with Crippen LogP contribution in [-0.4, -0.2) is 66.7 Å². The minimum atomic E-state index is -0.154. The van der Waals surface area contributed by atoms with E-state index in [-0.39, 0.29) is 24.8 Å². The Morgan fingerprint density at radius 3 is 2.96 bits per heavy atom. The van der Waals surface area contributed by atoms with E-state index in [4.69, 9.17) is 18.7 Å². The summed E-state index contributed by atoms with van der Waals surface area (Å²) in [6, 6.07) is 5.44. The number of aromatic nitrogens is 2. The van der Waals surface area contributed by atoms with Crippen LogP contribution in [0.15, 0.2) is 22.7 Å². The molecule has 2 amide bonds. The maximum absolute atomic E-state index is 12.8. The normalized spacial score (nSPS) is 22.0. The van der Waals surface area contributed by atoms with Gasteiger partial charge in [-0.05, 0) is 31.0 Å². The number of likely N-dealkylation sites (tertiary alicyclic amines) is 1. The molecule has 2 aromatic rings. The fourth-order valence-corrected chi connectivity index (χ4v) is 3.58. The predicted octanol–water partition coefficient (Wildman–Crippen LogP) is 2.21. The predicted molar refractivity (Wildman–Crippen MR) is 99.9 cm³/mol. The van der Waals surface area contributed by atoms with Gasteiger partial charge in [0.05, 0.1) is 25.9 Å². The largest absolute Gasteiger partial charge is 0.377 e. The second kappa shape index (κ2) is 8.26. The number of hydrogen-bond donors (Lipinski definition) is 1. The van der Waals surface area contributed by atoms with Gasteiger partial charge in [0.1, 0.15) is 12.7 Å². The number of amides is 2. The molecule has 0 spiro atoms. The molecule has 0 radical (unpaired) electrons. The van der Waals surface area contributed by atoms with Crippen LogP contribution in [0.3, 0.4) is 0 Å². The number of nitrogens with zero attached hydrogens (tertiary/aromatic N) is 3. The summed E-state index contributed by atoms with van der Waals surface area (Å²) in [5.74, 6) is 0.873. The molecular formula is C19H24N4O5. The molecule has 2 aliphatic rings. The Balaban J connectivity index is 1.46. The molecule has 1 aromatic heterocycles. The molecule has 0 saturated carbocycles. The van der Waals surface area contributed by atoms with Crippen LogP contribution in [0.2, 0.25) is 0 Å². The number of hydrogen-bond acceptors (Lipinski definition) is 7. The van der Waals surface area contributed by atoms with Crippen LogP contribution in [0.4, 0.5) is 10.5 Å². The molecule has 2 atom stereocenters. The van der Waals surface area contributed by atoms with Crippen molar-refractivity contribution in [2.45, 2.75) is 32.2 Å². The molecule has 28 heavy (non-hydrogen) atoms. The summed E-state index contributed by atoms with van der Waals surface area (Å²) in [5.41, 5.74) is 2.34. The Bertz CT molecular complexity index is 839. The quantitative estimate of drug-likeness (QED) is 0.857. The number of methoxy groups -OCH3 is 1. The molecule has 0 unspecified atom stereocenters. The zero-order valence-electron chi connectivity index (χ0n) is 16.0. The van der Waals surface area contributed by atoms with Gasteiger partial charge in [-0.25, -0.2) is 4.79 Å². The summed E-state index contributed by atoms with van der Waals surface area (Å²) in [7, 11) is 1.57. The Labute approximate surface area is 162 Å². The average molecular weight is 388 g/mol. The lowest BCUT2D eigenvalue weighted by molar-refractivity contribution is -0.159. The number of ether oxygens (including phenoxy) is 3. The summed E-state index contributed by atoms with van der Waals surface area (Å²) in [6.45, 7) is 4.56. The van der Waals surface area contributed by atoms with E-state index >= 15 is 0 Å². The molecule has 9 nitrogen and oxygen atoms in total. The molecule has 1 N–H and O–H groups in total. The van der Waals surface area contributed by atoms with E-state index in [9.17, 15) is 4.79 Å². The minimum Gasteiger partial charge on any atom is -0.377 e. The van der Waals surface area contributed by atoms with Gasteiger partial charge in [0, 0.05) is 24.9 Å². The molecular weight excluding hydrogens is 364 g/mol. The van der Waals surface area contributed by atoms with Gasteiger partial charge in [-0.2, -0.15) is 4.98 Å². The second-order valence-corrected chi connectivity index (χ2v) is 6.91. The molecule has 9 heteroatoms. The molecule has 0 aliphatic carbocycles. The lowest BCUT2D eigenvalue weighted by Crippen LogP contribution is -2.54. The molecule has 2 aliphatic heterocycles. The van der Waals surface area contributed by atoms with Crippen LogP contribution in [0.5, 0.6) is 0 Å². The van der Waals surface area contributed by atoms with Crippen LogP contribution < -0.4 is 5.32 Å². The van der Waals surface area contributed by atoms with Crippen molar-refractivity contribution in [2.75, 3.05) is 38.7 Å². The van der Waals surface area contributed by atoms with Gasteiger partial charge in [-0.1, -0.05) is 11.2 Å². The van der Waals surface area contributed by atoms with Crippen molar-refractivity contribution in [3.8, 4) is 11.5 Å². The van der Waals surface area contributed by atoms with Gasteiger partial charge >= 0.3 is 6.03 Å². The minimum absolute atomic E-state index is 0.0571. The number of carbonyl (C=O) groups excluding carboxylic acids is 1. The molecule has 0 bridgehead atoms. The first-order chi connectivity index (χ1) is 13.7. The van der Waals surface area contributed by atoms with E-state index in [1.54, 1.807) is 12.0 Å². The Morgan fingerprint density at radius 1 is 1.32 bits per heavy atom. The number of benzene rings is 1. The fraction of sp³-hybridized carbons (Fsp3) is 0.526. The maximum Gasteiger partial charge on any atom is 0.321 e. The Hall–Kier alpha value is -2.49. The first-order valence-electron chi connectivity index (χ1n) is 9.36. The van der Waals surface area contributed by atoms with Gasteiger partial charge in [0.15, 0.2) is 5.82 Å². The third kappa shape index (κ3) is 3.87. The molecule has 3 heterocycles. The highest BCUT2D eigenvalue weighted by molar-refractivity contribution is 5.91. The summed E-state index contributed by atoms with van der Waals surface area (Å²) in [6.07, 6.45) is 0.807. The van der Waals surface area contributed by atoms with Crippen LogP contribution in [0.1, 0.15) is 17.8 Å². The van der Waals surface area contributed by atoms with Crippen molar-refractivity contribution >= 4 is 11.7 Å². The van der Waals surface area contributed by atoms with E-state index in [1.807, 2.05) is 25.1 Å². The van der Waals surface area contributed by atoms with Crippen molar-refractivity contribution in [1.82, 2.24) is 15.0 Å². The number of rotatable bonds is 4. The molecule has 1 aromatic carbocycles. The first kappa shape index (κ1) is 18.9. The fourth-order valence-electron chi connectivity index (χ4n) is 3.58. The summed E-state index contributed by atoms with van der Waals surface area (Å²) < 4.78 is 21.8. The van der Waals surface area contributed by atoms with E-state index < -0.39 is 0 Å². The van der Waals surface area contributed by atoms with Crippen molar-refractivity contribution in [2.24, 2.45) is 0 Å². The summed E-state index contributed by atoms with van der Waals surface area (Å²) >= 11 is 0. The number of nitrogens with one attached hydrogen (secondary N) is 1. The summed E-state index contributed by atoms with van der Waals surface area (Å²) in [4.78, 5) is 18.9. The molecule has 2 fully saturated rings. The van der Waals surface area contributed by atoms with Crippen molar-refractivity contribution in [3.05, 3.63) is 29.6 Å². The van der Waals surface area contributed by atoms with E-state index in [2.05, 4.69) is 15.5 Å². The van der Waals surface area contributed by atoms with Crippen molar-refractivity contribution in [1.29, 1.82) is 0 Å². The smallest absolute Gasteiger partial charge is 0.321 e. The van der Waals surface area contributed by atoms with Crippen molar-refractivity contribution < 1.29 is 23.5 Å². The van der Waals surface area contributed by atoms with Gasteiger partial charge in [-0.15, -0.1) is 0 Å². The van der Waals surface area contributed by atoms with Crippen LogP contribution in [0.25, 0.3) is 11.5 Å². The number of anilines is 1. The van der Waals surface area contributed by atoms with Gasteiger partial charge in [-0.3, -0.25) is 0 Å². The maximum atomic E-state index is 12.8. The highest BCUT2D eigenvalue weighted by atomic mass is 16.6. The third-order valence-electron chi connectivity index (χ3n) is 5.08. The number of fused-ring (bicyclic) bond motifs is 1. The number of carbonyl (C=O) groups is 1. The highest BCUT2D eigenvalue weighted by Crippen LogP contribution is 2.28. The first-order valence-corrected chi connectivity index (χ1v) is 9.36. The topological polar surface area (TPSA) is 99.0 Å². The van der Waals surface area contributed by atoms with Crippen LogP contribution in [-0.2, 0) is 20.8 Å². The SMILES string of the molecule is COCc1noc(-c2cccc(NC(=O)N3CC[C@@H]4OCCO[C@H]4C3)c2C)n1. The van der Waals surface area contributed by atoms with E-state index in [0.717, 1.165) is 17.5 Å². The average Bonchev–Trinajstić information content (AvgIpc) is 3.18. The van der Waals surface area contributed by atoms with Crippen LogP contribution in [0, 0.1) is 6.92 Å². The molecule has 150 valence electrons. The lowest BCUT2D eigenvalue weighted by atomic mass is 10.0.